The van der Waals surface area contributed by atoms with E-state index < -0.39 is 0 Å². The summed E-state index contributed by atoms with van der Waals surface area (Å²) in [5.41, 5.74) is 2.59. The maximum atomic E-state index is 4.36. The van der Waals surface area contributed by atoms with E-state index in [1.54, 1.807) is 6.33 Å². The largest absolute Gasteiger partial charge is 0.369 e. The molecule has 0 spiro atoms. The van der Waals surface area contributed by atoms with Crippen LogP contribution >= 0.6 is 0 Å². The number of rotatable bonds is 4. The second kappa shape index (κ2) is 5.64. The summed E-state index contributed by atoms with van der Waals surface area (Å²) in [6.07, 6.45) is 11.8. The molecule has 16 heavy (non-hydrogen) atoms. The molecule has 0 amide bonds. The van der Waals surface area contributed by atoms with Crippen LogP contribution in [0, 0.1) is 0 Å². The molecule has 0 radical (unpaired) electrons. The third-order valence-corrected chi connectivity index (χ3v) is 2.96. The first-order valence-corrected chi connectivity index (χ1v) is 6.09. The Balaban J connectivity index is 2.03. The summed E-state index contributed by atoms with van der Waals surface area (Å²) >= 11 is 0. The highest BCUT2D eigenvalue weighted by Crippen LogP contribution is 2.24. The van der Waals surface area contributed by atoms with Gasteiger partial charge in [-0.25, -0.2) is 9.97 Å². The number of anilines is 1. The molecule has 3 nitrogen and oxygen atoms in total. The molecular weight excluding hydrogens is 198 g/mol. The molecule has 0 aromatic carbocycles. The van der Waals surface area contributed by atoms with Gasteiger partial charge in [-0.1, -0.05) is 12.2 Å². The zero-order valence-electron chi connectivity index (χ0n) is 9.87. The standard InChI is InChI=1S/C13H19N3/c1-2-3-6-9-14-13-11-7-4-5-8-12(11)15-10-16-13/h2-3,10H,4-9H2,1H3,(H,14,15,16)/b3-2+. The number of allylic oxidation sites excluding steroid dienone is 1. The number of hydrogen-bond donors (Lipinski definition) is 1. The van der Waals surface area contributed by atoms with Gasteiger partial charge in [-0.3, -0.25) is 0 Å². The predicted molar refractivity (Wildman–Crippen MR) is 66.6 cm³/mol. The van der Waals surface area contributed by atoms with Crippen molar-refractivity contribution in [2.24, 2.45) is 0 Å². The molecule has 0 saturated carbocycles. The van der Waals surface area contributed by atoms with Gasteiger partial charge in [0.25, 0.3) is 0 Å². The van der Waals surface area contributed by atoms with Gasteiger partial charge in [0, 0.05) is 17.8 Å². The van der Waals surface area contributed by atoms with Gasteiger partial charge in [-0.05, 0) is 39.0 Å². The Bertz CT molecular complexity index is 371. The van der Waals surface area contributed by atoms with Gasteiger partial charge >= 0.3 is 0 Å². The molecule has 1 aliphatic rings. The predicted octanol–water partition coefficient (Wildman–Crippen LogP) is 2.73. The molecule has 0 bridgehead atoms. The van der Waals surface area contributed by atoms with Crippen LogP contribution in [0.15, 0.2) is 18.5 Å². The lowest BCUT2D eigenvalue weighted by molar-refractivity contribution is 0.663. The summed E-state index contributed by atoms with van der Waals surface area (Å²) < 4.78 is 0. The SMILES string of the molecule is C/C=C/CCNc1ncnc2c1CCCC2. The summed E-state index contributed by atoms with van der Waals surface area (Å²) in [6, 6.07) is 0. The molecule has 0 atom stereocenters. The van der Waals surface area contributed by atoms with E-state index in [-0.39, 0.29) is 0 Å². The highest BCUT2D eigenvalue weighted by atomic mass is 15.0. The number of nitrogens with zero attached hydrogens (tertiary/aromatic N) is 2. The summed E-state index contributed by atoms with van der Waals surface area (Å²) in [5, 5.41) is 3.41. The molecule has 3 heteroatoms. The Morgan fingerprint density at radius 2 is 2.19 bits per heavy atom. The van der Waals surface area contributed by atoms with Crippen LogP contribution in [-0.4, -0.2) is 16.5 Å². The van der Waals surface area contributed by atoms with Gasteiger partial charge in [0.15, 0.2) is 0 Å². The normalized spacial score (nSPS) is 15.1. The van der Waals surface area contributed by atoms with Crippen molar-refractivity contribution in [3.05, 3.63) is 29.7 Å². The number of aryl methyl sites for hydroxylation is 1. The van der Waals surface area contributed by atoms with Crippen molar-refractivity contribution >= 4 is 5.82 Å². The Morgan fingerprint density at radius 1 is 1.31 bits per heavy atom. The van der Waals surface area contributed by atoms with Gasteiger partial charge in [0.1, 0.15) is 12.1 Å². The van der Waals surface area contributed by atoms with E-state index in [0.29, 0.717) is 0 Å². The fraction of sp³-hybridized carbons (Fsp3) is 0.538. The molecule has 1 aliphatic carbocycles. The van der Waals surface area contributed by atoms with E-state index in [2.05, 4.69) is 27.4 Å². The van der Waals surface area contributed by atoms with Crippen LogP contribution in [0.3, 0.4) is 0 Å². The maximum Gasteiger partial charge on any atom is 0.132 e. The molecule has 86 valence electrons. The molecule has 0 unspecified atom stereocenters. The highest BCUT2D eigenvalue weighted by Gasteiger charge is 2.14. The molecule has 0 aliphatic heterocycles. The van der Waals surface area contributed by atoms with Gasteiger partial charge in [0.2, 0.25) is 0 Å². The first kappa shape index (κ1) is 11.1. The van der Waals surface area contributed by atoms with Crippen molar-refractivity contribution in [2.75, 3.05) is 11.9 Å². The van der Waals surface area contributed by atoms with Crippen LogP contribution in [0.25, 0.3) is 0 Å². The second-order valence-corrected chi connectivity index (χ2v) is 4.14. The lowest BCUT2D eigenvalue weighted by Crippen LogP contribution is -2.12. The fourth-order valence-electron chi connectivity index (χ4n) is 2.11. The van der Waals surface area contributed by atoms with Crippen LogP contribution in [0.4, 0.5) is 5.82 Å². The Hall–Kier alpha value is -1.38. The third-order valence-electron chi connectivity index (χ3n) is 2.96. The molecule has 0 saturated heterocycles. The smallest absolute Gasteiger partial charge is 0.132 e. The lowest BCUT2D eigenvalue weighted by Gasteiger charge is -2.17. The topological polar surface area (TPSA) is 37.8 Å². The molecule has 1 heterocycles. The second-order valence-electron chi connectivity index (χ2n) is 4.14. The molecule has 2 rings (SSSR count). The first-order chi connectivity index (χ1) is 7.92. The minimum Gasteiger partial charge on any atom is -0.369 e. The quantitative estimate of drug-likeness (QED) is 0.622. The summed E-state index contributed by atoms with van der Waals surface area (Å²) in [7, 11) is 0. The highest BCUT2D eigenvalue weighted by molar-refractivity contribution is 5.46. The summed E-state index contributed by atoms with van der Waals surface area (Å²) in [6.45, 7) is 3.00. The van der Waals surface area contributed by atoms with Gasteiger partial charge in [-0.2, -0.15) is 0 Å². The number of nitrogens with one attached hydrogen (secondary N) is 1. The van der Waals surface area contributed by atoms with Crippen LogP contribution in [0.1, 0.15) is 37.4 Å². The number of aromatic nitrogens is 2. The molecule has 1 N–H and O–H groups in total. The molecular formula is C13H19N3. The van der Waals surface area contributed by atoms with Crippen LogP contribution in [0.5, 0.6) is 0 Å². The van der Waals surface area contributed by atoms with Crippen molar-refractivity contribution in [1.82, 2.24) is 9.97 Å². The summed E-state index contributed by atoms with van der Waals surface area (Å²) in [5.74, 6) is 1.05. The van der Waals surface area contributed by atoms with E-state index in [1.807, 2.05) is 6.92 Å². The van der Waals surface area contributed by atoms with E-state index in [0.717, 1.165) is 31.6 Å². The summed E-state index contributed by atoms with van der Waals surface area (Å²) in [4.78, 5) is 8.70. The zero-order valence-corrected chi connectivity index (χ0v) is 9.87. The zero-order chi connectivity index (χ0) is 11.2. The minimum atomic E-state index is 0.952. The first-order valence-electron chi connectivity index (χ1n) is 6.09. The Labute approximate surface area is 97.0 Å². The van der Waals surface area contributed by atoms with E-state index in [4.69, 9.17) is 0 Å². The van der Waals surface area contributed by atoms with E-state index in [9.17, 15) is 0 Å². The van der Waals surface area contributed by atoms with Crippen molar-refractivity contribution in [3.63, 3.8) is 0 Å². The van der Waals surface area contributed by atoms with E-state index >= 15 is 0 Å². The minimum absolute atomic E-state index is 0.952. The Kier molecular flexibility index (Phi) is 3.91. The molecule has 0 fully saturated rings. The maximum absolute atomic E-state index is 4.36. The average molecular weight is 217 g/mol. The van der Waals surface area contributed by atoms with Crippen molar-refractivity contribution < 1.29 is 0 Å². The monoisotopic (exact) mass is 217 g/mol. The van der Waals surface area contributed by atoms with Gasteiger partial charge in [0.05, 0.1) is 0 Å². The van der Waals surface area contributed by atoms with Crippen LogP contribution < -0.4 is 5.32 Å². The fourth-order valence-corrected chi connectivity index (χ4v) is 2.11. The molecule has 1 aromatic rings. The molecule has 1 aromatic heterocycles. The van der Waals surface area contributed by atoms with Crippen molar-refractivity contribution in [1.29, 1.82) is 0 Å². The average Bonchev–Trinajstić information content (AvgIpc) is 2.35. The number of fused-ring (bicyclic) bond motifs is 1. The van der Waals surface area contributed by atoms with Crippen LogP contribution in [0.2, 0.25) is 0 Å². The lowest BCUT2D eigenvalue weighted by atomic mass is 9.96. The van der Waals surface area contributed by atoms with Crippen LogP contribution in [-0.2, 0) is 12.8 Å². The number of hydrogen-bond acceptors (Lipinski definition) is 3. The van der Waals surface area contributed by atoms with Gasteiger partial charge < -0.3 is 5.32 Å². The van der Waals surface area contributed by atoms with E-state index in [1.165, 1.54) is 24.1 Å². The van der Waals surface area contributed by atoms with Gasteiger partial charge in [-0.15, -0.1) is 0 Å². The Morgan fingerprint density at radius 3 is 3.06 bits per heavy atom. The van der Waals surface area contributed by atoms with Crippen molar-refractivity contribution in [2.45, 2.75) is 39.0 Å². The van der Waals surface area contributed by atoms with Crippen molar-refractivity contribution in [3.8, 4) is 0 Å². The third kappa shape index (κ3) is 2.60.